The van der Waals surface area contributed by atoms with Crippen molar-refractivity contribution in [2.75, 3.05) is 32.9 Å². The van der Waals surface area contributed by atoms with Crippen LogP contribution < -0.4 is 0 Å². The number of rotatable bonds is 3. The van der Waals surface area contributed by atoms with Gasteiger partial charge in [-0.15, -0.1) is 0 Å². The van der Waals surface area contributed by atoms with Crippen LogP contribution in [0.4, 0.5) is 0 Å². The van der Waals surface area contributed by atoms with E-state index in [-0.39, 0.29) is 0 Å². The van der Waals surface area contributed by atoms with Gasteiger partial charge < -0.3 is 9.47 Å². The summed E-state index contributed by atoms with van der Waals surface area (Å²) in [6, 6.07) is 15.9. The van der Waals surface area contributed by atoms with E-state index in [1.165, 1.54) is 29.2 Å². The molecule has 0 bridgehead atoms. The standard InChI is InChI=1S/C20H25NO2/c1-2-7-20-16(4-1)5-3-6-17(20)14-19-15-21(10-13-23-19)18-8-11-22-12-9-18/h1-7,18-19H,8-15H2. The zero-order chi connectivity index (χ0) is 15.5. The first kappa shape index (κ1) is 15.1. The molecule has 0 aromatic heterocycles. The monoisotopic (exact) mass is 311 g/mol. The molecule has 0 amide bonds. The molecule has 3 nitrogen and oxygen atoms in total. The maximum absolute atomic E-state index is 6.08. The number of benzene rings is 2. The van der Waals surface area contributed by atoms with E-state index in [1.54, 1.807) is 0 Å². The van der Waals surface area contributed by atoms with Crippen LogP contribution in [0.1, 0.15) is 18.4 Å². The van der Waals surface area contributed by atoms with Crippen LogP contribution in [0.3, 0.4) is 0 Å². The van der Waals surface area contributed by atoms with Crippen molar-refractivity contribution in [2.24, 2.45) is 0 Å². The van der Waals surface area contributed by atoms with Crippen molar-refractivity contribution < 1.29 is 9.47 Å². The third kappa shape index (κ3) is 3.42. The molecule has 1 unspecified atom stereocenters. The first-order valence-electron chi connectivity index (χ1n) is 8.80. The van der Waals surface area contributed by atoms with Crippen molar-refractivity contribution in [1.29, 1.82) is 0 Å². The Morgan fingerprint density at radius 1 is 0.957 bits per heavy atom. The van der Waals surface area contributed by atoms with Gasteiger partial charge in [0.25, 0.3) is 0 Å². The predicted octanol–water partition coefficient (Wildman–Crippen LogP) is 3.26. The summed E-state index contributed by atoms with van der Waals surface area (Å²) < 4.78 is 11.6. The van der Waals surface area contributed by atoms with Crippen molar-refractivity contribution in [3.05, 3.63) is 48.0 Å². The van der Waals surface area contributed by atoms with Gasteiger partial charge in [-0.05, 0) is 29.2 Å². The molecule has 2 aromatic carbocycles. The molecule has 3 heteroatoms. The third-order valence-corrected chi connectivity index (χ3v) is 5.20. The van der Waals surface area contributed by atoms with E-state index in [2.05, 4.69) is 47.4 Å². The maximum atomic E-state index is 6.08. The van der Waals surface area contributed by atoms with Crippen molar-refractivity contribution >= 4 is 10.8 Å². The minimum Gasteiger partial charge on any atom is -0.381 e. The SMILES string of the molecule is c1ccc2c(CC3CN(C4CCOCC4)CCO3)cccc2c1. The van der Waals surface area contributed by atoms with Crippen LogP contribution in [0.5, 0.6) is 0 Å². The van der Waals surface area contributed by atoms with E-state index >= 15 is 0 Å². The number of hydrogen-bond acceptors (Lipinski definition) is 3. The molecule has 1 atom stereocenters. The van der Waals surface area contributed by atoms with E-state index < -0.39 is 0 Å². The quantitative estimate of drug-likeness (QED) is 0.868. The summed E-state index contributed by atoms with van der Waals surface area (Å²) in [7, 11) is 0. The van der Waals surface area contributed by atoms with Crippen LogP contribution >= 0.6 is 0 Å². The topological polar surface area (TPSA) is 21.7 Å². The van der Waals surface area contributed by atoms with Crippen LogP contribution in [0, 0.1) is 0 Å². The lowest BCUT2D eigenvalue weighted by Crippen LogP contribution is -2.49. The molecule has 2 aliphatic heterocycles. The first-order valence-corrected chi connectivity index (χ1v) is 8.80. The lowest BCUT2D eigenvalue weighted by Gasteiger charge is -2.40. The Balaban J connectivity index is 1.47. The molecule has 0 aliphatic carbocycles. The number of nitrogens with zero attached hydrogens (tertiary/aromatic N) is 1. The van der Waals surface area contributed by atoms with Gasteiger partial charge in [0.1, 0.15) is 0 Å². The van der Waals surface area contributed by atoms with Gasteiger partial charge >= 0.3 is 0 Å². The number of ether oxygens (including phenoxy) is 2. The minimum atomic E-state index is 0.303. The second kappa shape index (κ2) is 7.00. The lowest BCUT2D eigenvalue weighted by atomic mass is 9.98. The number of morpholine rings is 1. The Morgan fingerprint density at radius 2 is 1.78 bits per heavy atom. The third-order valence-electron chi connectivity index (χ3n) is 5.20. The smallest absolute Gasteiger partial charge is 0.0743 e. The highest BCUT2D eigenvalue weighted by Crippen LogP contribution is 2.23. The summed E-state index contributed by atoms with van der Waals surface area (Å²) in [6.45, 7) is 4.80. The molecule has 0 spiro atoms. The molecular weight excluding hydrogens is 286 g/mol. The van der Waals surface area contributed by atoms with E-state index in [1.807, 2.05) is 0 Å². The van der Waals surface area contributed by atoms with Crippen LogP contribution in [-0.2, 0) is 15.9 Å². The molecule has 0 radical (unpaired) electrons. The molecule has 2 fully saturated rings. The normalized spacial score (nSPS) is 24.1. The molecule has 2 aliphatic rings. The van der Waals surface area contributed by atoms with Gasteiger partial charge in [0.2, 0.25) is 0 Å². The summed E-state index contributed by atoms with van der Waals surface area (Å²) in [5.74, 6) is 0. The molecule has 0 N–H and O–H groups in total. The first-order chi connectivity index (χ1) is 11.4. The van der Waals surface area contributed by atoms with Gasteiger partial charge in [0.05, 0.1) is 12.7 Å². The fourth-order valence-electron chi connectivity index (χ4n) is 3.96. The Hall–Kier alpha value is -1.42. The summed E-state index contributed by atoms with van der Waals surface area (Å²) in [5.41, 5.74) is 1.40. The highest BCUT2D eigenvalue weighted by molar-refractivity contribution is 5.85. The van der Waals surface area contributed by atoms with Crippen molar-refractivity contribution in [2.45, 2.75) is 31.4 Å². The maximum Gasteiger partial charge on any atom is 0.0743 e. The van der Waals surface area contributed by atoms with E-state index in [4.69, 9.17) is 9.47 Å². The summed E-state index contributed by atoms with van der Waals surface area (Å²) in [4.78, 5) is 2.63. The fraction of sp³-hybridized carbons (Fsp3) is 0.500. The lowest BCUT2D eigenvalue weighted by molar-refractivity contribution is -0.0609. The predicted molar refractivity (Wildman–Crippen MR) is 92.8 cm³/mol. The van der Waals surface area contributed by atoms with Crippen LogP contribution in [-0.4, -0.2) is 50.0 Å². The van der Waals surface area contributed by atoms with E-state index in [0.717, 1.165) is 39.3 Å². The molecule has 122 valence electrons. The summed E-state index contributed by atoms with van der Waals surface area (Å²) >= 11 is 0. The van der Waals surface area contributed by atoms with E-state index in [0.29, 0.717) is 12.1 Å². The van der Waals surface area contributed by atoms with Crippen molar-refractivity contribution in [3.63, 3.8) is 0 Å². The van der Waals surface area contributed by atoms with Gasteiger partial charge in [-0.2, -0.15) is 0 Å². The molecule has 2 saturated heterocycles. The summed E-state index contributed by atoms with van der Waals surface area (Å²) in [5, 5.41) is 2.68. The zero-order valence-corrected chi connectivity index (χ0v) is 13.6. The van der Waals surface area contributed by atoms with Gasteiger partial charge in [0, 0.05) is 38.8 Å². The second-order valence-electron chi connectivity index (χ2n) is 6.67. The Labute approximate surface area is 138 Å². The Bertz CT molecular complexity index is 646. The number of hydrogen-bond donors (Lipinski definition) is 0. The van der Waals surface area contributed by atoms with Crippen molar-refractivity contribution in [1.82, 2.24) is 4.90 Å². The van der Waals surface area contributed by atoms with Crippen LogP contribution in [0.25, 0.3) is 10.8 Å². The highest BCUT2D eigenvalue weighted by atomic mass is 16.5. The van der Waals surface area contributed by atoms with Gasteiger partial charge in [-0.3, -0.25) is 4.90 Å². The largest absolute Gasteiger partial charge is 0.381 e. The van der Waals surface area contributed by atoms with Gasteiger partial charge in [-0.25, -0.2) is 0 Å². The number of fused-ring (bicyclic) bond motifs is 1. The average Bonchev–Trinajstić information content (AvgIpc) is 2.63. The molecule has 0 saturated carbocycles. The second-order valence-corrected chi connectivity index (χ2v) is 6.67. The average molecular weight is 311 g/mol. The van der Waals surface area contributed by atoms with Gasteiger partial charge in [0.15, 0.2) is 0 Å². The van der Waals surface area contributed by atoms with Crippen molar-refractivity contribution in [3.8, 4) is 0 Å². The van der Waals surface area contributed by atoms with Crippen LogP contribution in [0.15, 0.2) is 42.5 Å². The minimum absolute atomic E-state index is 0.303. The Morgan fingerprint density at radius 3 is 2.70 bits per heavy atom. The summed E-state index contributed by atoms with van der Waals surface area (Å²) in [6.07, 6.45) is 3.64. The zero-order valence-electron chi connectivity index (χ0n) is 13.6. The fourth-order valence-corrected chi connectivity index (χ4v) is 3.96. The molecule has 2 heterocycles. The molecule has 4 rings (SSSR count). The Kier molecular flexibility index (Phi) is 4.60. The van der Waals surface area contributed by atoms with E-state index in [9.17, 15) is 0 Å². The molecular formula is C20H25NO2. The molecule has 2 aromatic rings. The highest BCUT2D eigenvalue weighted by Gasteiger charge is 2.28. The molecule has 23 heavy (non-hydrogen) atoms. The van der Waals surface area contributed by atoms with Crippen LogP contribution in [0.2, 0.25) is 0 Å². The van der Waals surface area contributed by atoms with Gasteiger partial charge in [-0.1, -0.05) is 42.5 Å².